The lowest BCUT2D eigenvalue weighted by atomic mass is 9.79. The van der Waals surface area contributed by atoms with E-state index in [-0.39, 0.29) is 0 Å². The van der Waals surface area contributed by atoms with Crippen LogP contribution in [-0.2, 0) is 0 Å². The number of rotatable bonds is 7. The highest BCUT2D eigenvalue weighted by Gasteiger charge is 2.31. The SMILES string of the molecule is CCCC1CCC(N)C(N(CC)CC(C)CC)C1. The normalized spacial score (nSPS) is 30.7. The van der Waals surface area contributed by atoms with E-state index in [4.69, 9.17) is 5.73 Å². The van der Waals surface area contributed by atoms with Crippen LogP contribution in [0, 0.1) is 11.8 Å². The summed E-state index contributed by atoms with van der Waals surface area (Å²) < 4.78 is 0. The average molecular weight is 254 g/mol. The number of nitrogens with zero attached hydrogens (tertiary/aromatic N) is 1. The smallest absolute Gasteiger partial charge is 0.0249 e. The molecule has 2 N–H and O–H groups in total. The maximum absolute atomic E-state index is 6.39. The first-order valence-electron chi connectivity index (χ1n) is 8.11. The zero-order valence-corrected chi connectivity index (χ0v) is 13.0. The van der Waals surface area contributed by atoms with E-state index in [1.165, 1.54) is 45.1 Å². The highest BCUT2D eigenvalue weighted by atomic mass is 15.2. The summed E-state index contributed by atoms with van der Waals surface area (Å²) in [6.45, 7) is 11.6. The van der Waals surface area contributed by atoms with Gasteiger partial charge in [-0.1, -0.05) is 47.0 Å². The monoisotopic (exact) mass is 254 g/mol. The standard InChI is InChI=1S/C16H34N2/c1-5-8-14-9-10-15(17)16(11-14)18(7-3)12-13(4)6-2/h13-16H,5-12,17H2,1-4H3. The second-order valence-corrected chi connectivity index (χ2v) is 6.30. The molecule has 0 saturated heterocycles. The van der Waals surface area contributed by atoms with Crippen LogP contribution in [0.5, 0.6) is 0 Å². The van der Waals surface area contributed by atoms with E-state index in [1.807, 2.05) is 0 Å². The quantitative estimate of drug-likeness (QED) is 0.751. The molecule has 2 nitrogen and oxygen atoms in total. The van der Waals surface area contributed by atoms with E-state index in [0.29, 0.717) is 12.1 Å². The van der Waals surface area contributed by atoms with Crippen LogP contribution in [0.4, 0.5) is 0 Å². The molecule has 0 aromatic carbocycles. The zero-order valence-electron chi connectivity index (χ0n) is 13.0. The minimum absolute atomic E-state index is 0.405. The average Bonchev–Trinajstić information content (AvgIpc) is 2.38. The summed E-state index contributed by atoms with van der Waals surface area (Å²) in [4.78, 5) is 2.65. The molecule has 4 unspecified atom stereocenters. The minimum Gasteiger partial charge on any atom is -0.326 e. The highest BCUT2D eigenvalue weighted by Crippen LogP contribution is 2.30. The Bertz CT molecular complexity index is 217. The van der Waals surface area contributed by atoms with Crippen LogP contribution in [0.3, 0.4) is 0 Å². The summed E-state index contributed by atoms with van der Waals surface area (Å²) in [5, 5.41) is 0. The summed E-state index contributed by atoms with van der Waals surface area (Å²) in [6.07, 6.45) is 7.91. The van der Waals surface area contributed by atoms with Crippen molar-refractivity contribution >= 4 is 0 Å². The fourth-order valence-electron chi connectivity index (χ4n) is 3.37. The second-order valence-electron chi connectivity index (χ2n) is 6.30. The number of likely N-dealkylation sites (N-methyl/N-ethyl adjacent to an activating group) is 1. The molecule has 0 amide bonds. The molecule has 18 heavy (non-hydrogen) atoms. The molecule has 0 aromatic rings. The predicted molar refractivity (Wildman–Crippen MR) is 80.7 cm³/mol. The maximum Gasteiger partial charge on any atom is 0.0249 e. The van der Waals surface area contributed by atoms with E-state index < -0.39 is 0 Å². The molecule has 1 fully saturated rings. The van der Waals surface area contributed by atoms with Gasteiger partial charge >= 0.3 is 0 Å². The van der Waals surface area contributed by atoms with E-state index in [2.05, 4.69) is 32.6 Å². The molecule has 1 saturated carbocycles. The lowest BCUT2D eigenvalue weighted by molar-refractivity contribution is 0.0992. The van der Waals surface area contributed by atoms with E-state index >= 15 is 0 Å². The predicted octanol–water partition coefficient (Wildman–Crippen LogP) is 3.65. The molecule has 1 aliphatic carbocycles. The molecule has 0 aromatic heterocycles. The van der Waals surface area contributed by atoms with Crippen molar-refractivity contribution in [2.24, 2.45) is 17.6 Å². The van der Waals surface area contributed by atoms with E-state index in [1.54, 1.807) is 0 Å². The molecule has 0 heterocycles. The Morgan fingerprint density at radius 2 is 1.94 bits per heavy atom. The van der Waals surface area contributed by atoms with Gasteiger partial charge in [0.2, 0.25) is 0 Å². The Kier molecular flexibility index (Phi) is 7.25. The van der Waals surface area contributed by atoms with Crippen LogP contribution < -0.4 is 5.73 Å². The first kappa shape index (κ1) is 16.0. The van der Waals surface area contributed by atoms with Crippen LogP contribution in [0.2, 0.25) is 0 Å². The first-order valence-corrected chi connectivity index (χ1v) is 8.11. The van der Waals surface area contributed by atoms with Gasteiger partial charge in [0.1, 0.15) is 0 Å². The fraction of sp³-hybridized carbons (Fsp3) is 1.00. The molecule has 1 rings (SSSR count). The maximum atomic E-state index is 6.39. The number of hydrogen-bond donors (Lipinski definition) is 1. The van der Waals surface area contributed by atoms with Gasteiger partial charge < -0.3 is 5.73 Å². The Balaban J connectivity index is 2.57. The molecule has 0 spiro atoms. The third-order valence-corrected chi connectivity index (χ3v) is 4.79. The largest absolute Gasteiger partial charge is 0.326 e. The molecular weight excluding hydrogens is 220 g/mol. The molecule has 0 aliphatic heterocycles. The Labute approximate surface area is 114 Å². The Morgan fingerprint density at radius 3 is 2.50 bits per heavy atom. The van der Waals surface area contributed by atoms with Gasteiger partial charge in [0, 0.05) is 18.6 Å². The molecule has 0 radical (unpaired) electrons. The molecule has 2 heteroatoms. The van der Waals surface area contributed by atoms with Crippen LogP contribution in [0.25, 0.3) is 0 Å². The van der Waals surface area contributed by atoms with Crippen molar-refractivity contribution < 1.29 is 0 Å². The van der Waals surface area contributed by atoms with Gasteiger partial charge in [0.05, 0.1) is 0 Å². The molecule has 4 atom stereocenters. The summed E-state index contributed by atoms with van der Waals surface area (Å²) in [6, 6.07) is 1.04. The van der Waals surface area contributed by atoms with E-state index in [9.17, 15) is 0 Å². The minimum atomic E-state index is 0.405. The zero-order chi connectivity index (χ0) is 13.5. The van der Waals surface area contributed by atoms with Gasteiger partial charge in [0.25, 0.3) is 0 Å². The molecule has 1 aliphatic rings. The fourth-order valence-corrected chi connectivity index (χ4v) is 3.37. The van der Waals surface area contributed by atoms with Crippen molar-refractivity contribution in [1.82, 2.24) is 4.90 Å². The van der Waals surface area contributed by atoms with Gasteiger partial charge in [-0.2, -0.15) is 0 Å². The Hall–Kier alpha value is -0.0800. The lowest BCUT2D eigenvalue weighted by Crippen LogP contribution is -2.52. The van der Waals surface area contributed by atoms with Gasteiger partial charge in [-0.05, 0) is 37.6 Å². The summed E-state index contributed by atoms with van der Waals surface area (Å²) in [5.41, 5.74) is 6.39. The summed E-state index contributed by atoms with van der Waals surface area (Å²) in [5.74, 6) is 1.72. The summed E-state index contributed by atoms with van der Waals surface area (Å²) >= 11 is 0. The highest BCUT2D eigenvalue weighted by molar-refractivity contribution is 4.89. The van der Waals surface area contributed by atoms with Crippen LogP contribution in [-0.4, -0.2) is 30.1 Å². The van der Waals surface area contributed by atoms with Gasteiger partial charge in [-0.3, -0.25) is 4.90 Å². The first-order chi connectivity index (χ1) is 8.62. The number of hydrogen-bond acceptors (Lipinski definition) is 2. The Morgan fingerprint density at radius 1 is 1.22 bits per heavy atom. The van der Waals surface area contributed by atoms with Crippen molar-refractivity contribution in [2.75, 3.05) is 13.1 Å². The van der Waals surface area contributed by atoms with Gasteiger partial charge in [-0.15, -0.1) is 0 Å². The number of nitrogens with two attached hydrogens (primary N) is 1. The van der Waals surface area contributed by atoms with Crippen LogP contribution >= 0.6 is 0 Å². The van der Waals surface area contributed by atoms with E-state index in [0.717, 1.165) is 18.4 Å². The molecule has 108 valence electrons. The van der Waals surface area contributed by atoms with Crippen molar-refractivity contribution in [1.29, 1.82) is 0 Å². The third-order valence-electron chi connectivity index (χ3n) is 4.79. The lowest BCUT2D eigenvalue weighted by Gasteiger charge is -2.42. The van der Waals surface area contributed by atoms with Crippen molar-refractivity contribution in [3.05, 3.63) is 0 Å². The molecular formula is C16H34N2. The second kappa shape index (κ2) is 8.16. The van der Waals surface area contributed by atoms with Crippen molar-refractivity contribution in [3.8, 4) is 0 Å². The molecule has 0 bridgehead atoms. The van der Waals surface area contributed by atoms with Crippen molar-refractivity contribution in [2.45, 2.75) is 78.3 Å². The van der Waals surface area contributed by atoms with Crippen LogP contribution in [0.1, 0.15) is 66.2 Å². The third kappa shape index (κ3) is 4.55. The van der Waals surface area contributed by atoms with Gasteiger partial charge in [-0.25, -0.2) is 0 Å². The van der Waals surface area contributed by atoms with Crippen LogP contribution in [0.15, 0.2) is 0 Å². The van der Waals surface area contributed by atoms with Gasteiger partial charge in [0.15, 0.2) is 0 Å². The summed E-state index contributed by atoms with van der Waals surface area (Å²) in [7, 11) is 0. The topological polar surface area (TPSA) is 29.3 Å². The van der Waals surface area contributed by atoms with Crippen molar-refractivity contribution in [3.63, 3.8) is 0 Å².